The van der Waals surface area contributed by atoms with Gasteiger partial charge >= 0.3 is 18.3 Å². The molecule has 8 nitrogen and oxygen atoms in total. The summed E-state index contributed by atoms with van der Waals surface area (Å²) < 4.78 is 73.4. The van der Waals surface area contributed by atoms with Gasteiger partial charge in [-0.25, -0.2) is 9.78 Å². The third-order valence-corrected chi connectivity index (χ3v) is 7.26. The lowest BCUT2D eigenvalue weighted by atomic mass is 9.73. The van der Waals surface area contributed by atoms with Gasteiger partial charge in [-0.3, -0.25) is 9.78 Å². The molecule has 2 saturated heterocycles. The van der Waals surface area contributed by atoms with Crippen molar-refractivity contribution >= 4 is 23.5 Å². The van der Waals surface area contributed by atoms with Crippen LogP contribution in [0.3, 0.4) is 0 Å². The number of nitrogens with one attached hydrogen (secondary N) is 1. The number of hydrogen-bond donors (Lipinski definition) is 2. The van der Waals surface area contributed by atoms with E-state index in [0.717, 1.165) is 38.2 Å². The molecule has 2 aromatic heterocycles. The van der Waals surface area contributed by atoms with E-state index in [1.54, 1.807) is 28.8 Å². The lowest BCUT2D eigenvalue weighted by Gasteiger charge is -2.48. The molecule has 0 atom stereocenters. The molecular weight excluding hydrogens is 580 g/mol. The van der Waals surface area contributed by atoms with E-state index >= 15 is 0 Å². The van der Waals surface area contributed by atoms with Gasteiger partial charge in [0.25, 0.3) is 0 Å². The van der Waals surface area contributed by atoms with E-state index in [4.69, 9.17) is 21.5 Å². The van der Waals surface area contributed by atoms with E-state index in [0.29, 0.717) is 40.5 Å². The van der Waals surface area contributed by atoms with Crippen molar-refractivity contribution in [2.45, 2.75) is 31.7 Å². The van der Waals surface area contributed by atoms with E-state index in [2.05, 4.69) is 15.3 Å². The van der Waals surface area contributed by atoms with Crippen LogP contribution in [0, 0.1) is 5.41 Å². The average Bonchev–Trinajstić information content (AvgIpc) is 3.31. The second-order valence-electron chi connectivity index (χ2n) is 9.79. The summed E-state index contributed by atoms with van der Waals surface area (Å²) in [5.41, 5.74) is 1.19. The number of benzene rings is 1. The van der Waals surface area contributed by atoms with Gasteiger partial charge in [0.05, 0.1) is 17.7 Å². The minimum Gasteiger partial charge on any atom is -0.475 e. The molecule has 2 aliphatic heterocycles. The van der Waals surface area contributed by atoms with Crippen molar-refractivity contribution in [2.24, 2.45) is 5.41 Å². The van der Waals surface area contributed by atoms with Crippen LogP contribution in [0.15, 0.2) is 48.9 Å². The minimum atomic E-state index is -5.08. The molecule has 2 aliphatic rings. The highest BCUT2D eigenvalue weighted by Gasteiger charge is 2.41. The molecule has 2 fully saturated rings. The standard InChI is InChI=1S/C24H23ClF3N5O.C2HF3O2/c25-18-3-1-16(2-4-18)21-22(17-5-8-30-19(11-17)24(26,27)28)33(15-31-21)12-20(34)32-9-6-23(7-10-32)13-29-14-23;3-2(4,5)1(6)7/h1-5,8,11,15,29H,6-7,9-10,12-14H2;(H,6,7). The fraction of sp³-hybridized carbons (Fsp3) is 0.385. The maximum atomic E-state index is 13.4. The van der Waals surface area contributed by atoms with Crippen LogP contribution in [-0.4, -0.2) is 68.8 Å². The normalized spacial score (nSPS) is 16.5. The number of aliphatic carboxylic acids is 1. The number of piperidine rings is 1. The highest BCUT2D eigenvalue weighted by Crippen LogP contribution is 2.37. The third kappa shape index (κ3) is 7.17. The van der Waals surface area contributed by atoms with Crippen molar-refractivity contribution in [3.63, 3.8) is 0 Å². The first kappa shape index (κ1) is 30.3. The Morgan fingerprint density at radius 1 is 0.976 bits per heavy atom. The van der Waals surface area contributed by atoms with E-state index < -0.39 is 24.0 Å². The zero-order valence-corrected chi connectivity index (χ0v) is 22.0. The van der Waals surface area contributed by atoms with Crippen LogP contribution in [0.2, 0.25) is 5.02 Å². The summed E-state index contributed by atoms with van der Waals surface area (Å²) in [6.45, 7) is 3.35. The van der Waals surface area contributed by atoms with Crippen LogP contribution in [-0.2, 0) is 22.3 Å². The Kier molecular flexibility index (Phi) is 8.64. The number of carbonyl (C=O) groups is 2. The van der Waals surface area contributed by atoms with Gasteiger partial charge in [0.1, 0.15) is 12.2 Å². The van der Waals surface area contributed by atoms with Gasteiger partial charge in [-0.05, 0) is 42.5 Å². The van der Waals surface area contributed by atoms with E-state index in [-0.39, 0.29) is 18.0 Å². The first-order valence-corrected chi connectivity index (χ1v) is 12.7. The van der Waals surface area contributed by atoms with Gasteiger partial charge < -0.3 is 19.9 Å². The Hall–Kier alpha value is -3.65. The number of imidazole rings is 1. The second-order valence-corrected chi connectivity index (χ2v) is 10.2. The van der Waals surface area contributed by atoms with Crippen molar-refractivity contribution in [1.29, 1.82) is 0 Å². The molecule has 15 heteroatoms. The molecule has 0 saturated carbocycles. The summed E-state index contributed by atoms with van der Waals surface area (Å²) in [5.74, 6) is -2.83. The summed E-state index contributed by atoms with van der Waals surface area (Å²) >= 11 is 6.01. The first-order valence-electron chi connectivity index (χ1n) is 12.3. The number of amides is 1. The highest BCUT2D eigenvalue weighted by atomic mass is 35.5. The van der Waals surface area contributed by atoms with Gasteiger partial charge in [-0.2, -0.15) is 26.3 Å². The average molecular weight is 604 g/mol. The molecule has 1 aromatic carbocycles. The Labute approximate surface area is 235 Å². The van der Waals surface area contributed by atoms with Crippen LogP contribution in [0.5, 0.6) is 0 Å². The Bertz CT molecular complexity index is 1390. The lowest BCUT2D eigenvalue weighted by Crippen LogP contribution is -2.59. The van der Waals surface area contributed by atoms with Crippen LogP contribution < -0.4 is 5.32 Å². The maximum absolute atomic E-state index is 13.4. The fourth-order valence-electron chi connectivity index (χ4n) is 4.66. The quantitative estimate of drug-likeness (QED) is 0.401. The molecule has 3 aromatic rings. The maximum Gasteiger partial charge on any atom is 0.490 e. The summed E-state index contributed by atoms with van der Waals surface area (Å²) in [6.07, 6.45) is -5.13. The minimum absolute atomic E-state index is 0.00908. The molecule has 1 amide bonds. The van der Waals surface area contributed by atoms with Crippen molar-refractivity contribution in [3.05, 3.63) is 59.6 Å². The predicted octanol–water partition coefficient (Wildman–Crippen LogP) is 5.13. The smallest absolute Gasteiger partial charge is 0.475 e. The van der Waals surface area contributed by atoms with Gasteiger partial charge in [0.15, 0.2) is 0 Å². The van der Waals surface area contributed by atoms with Gasteiger partial charge in [-0.15, -0.1) is 0 Å². The number of likely N-dealkylation sites (tertiary alicyclic amines) is 1. The third-order valence-electron chi connectivity index (χ3n) is 7.00. The van der Waals surface area contributed by atoms with Gasteiger partial charge in [-0.1, -0.05) is 23.7 Å². The predicted molar refractivity (Wildman–Crippen MR) is 136 cm³/mol. The molecule has 0 bridgehead atoms. The number of alkyl halides is 6. The molecule has 0 unspecified atom stereocenters. The van der Waals surface area contributed by atoms with Crippen LogP contribution in [0.25, 0.3) is 22.5 Å². The van der Waals surface area contributed by atoms with Crippen LogP contribution in [0.1, 0.15) is 18.5 Å². The van der Waals surface area contributed by atoms with Gasteiger partial charge in [0.2, 0.25) is 5.91 Å². The number of pyridine rings is 1. The summed E-state index contributed by atoms with van der Waals surface area (Å²) in [4.78, 5) is 31.8. The molecule has 0 aliphatic carbocycles. The number of carbonyl (C=O) groups excluding carboxylic acids is 1. The molecular formula is C26H24ClF6N5O3. The molecule has 1 spiro atoms. The number of carboxylic acid groups (broad SMARTS) is 1. The number of halogens is 7. The van der Waals surface area contributed by atoms with Gasteiger partial charge in [0, 0.05) is 48.5 Å². The van der Waals surface area contributed by atoms with Crippen molar-refractivity contribution in [2.75, 3.05) is 26.2 Å². The van der Waals surface area contributed by atoms with Crippen molar-refractivity contribution in [3.8, 4) is 22.5 Å². The molecule has 4 heterocycles. The van der Waals surface area contributed by atoms with E-state index in [9.17, 15) is 31.1 Å². The zero-order chi connectivity index (χ0) is 30.0. The zero-order valence-electron chi connectivity index (χ0n) is 21.3. The molecule has 2 N–H and O–H groups in total. The first-order chi connectivity index (χ1) is 19.2. The molecule has 220 valence electrons. The molecule has 0 radical (unpaired) electrons. The highest BCUT2D eigenvalue weighted by molar-refractivity contribution is 6.30. The number of nitrogens with zero attached hydrogens (tertiary/aromatic N) is 4. The topological polar surface area (TPSA) is 100 Å². The lowest BCUT2D eigenvalue weighted by molar-refractivity contribution is -0.192. The van der Waals surface area contributed by atoms with E-state index in [1.807, 2.05) is 4.90 Å². The van der Waals surface area contributed by atoms with E-state index in [1.165, 1.54) is 12.4 Å². The summed E-state index contributed by atoms with van der Waals surface area (Å²) in [6, 6.07) is 9.38. The SMILES string of the molecule is O=C(Cn1cnc(-c2ccc(Cl)cc2)c1-c1ccnc(C(F)(F)F)c1)N1CCC2(CC1)CNC2.O=C(O)C(F)(F)F. The Balaban J connectivity index is 0.000000493. The van der Waals surface area contributed by atoms with Crippen LogP contribution in [0.4, 0.5) is 26.3 Å². The number of aromatic nitrogens is 3. The van der Waals surface area contributed by atoms with Crippen LogP contribution >= 0.6 is 11.6 Å². The number of rotatable bonds is 4. The monoisotopic (exact) mass is 603 g/mol. The fourth-order valence-corrected chi connectivity index (χ4v) is 4.79. The Morgan fingerprint density at radius 3 is 2.10 bits per heavy atom. The number of carboxylic acids is 1. The summed E-state index contributed by atoms with van der Waals surface area (Å²) in [5, 5.41) is 11.0. The number of hydrogen-bond acceptors (Lipinski definition) is 5. The summed E-state index contributed by atoms with van der Waals surface area (Å²) in [7, 11) is 0. The molecule has 41 heavy (non-hydrogen) atoms. The Morgan fingerprint density at radius 2 is 1.59 bits per heavy atom. The largest absolute Gasteiger partial charge is 0.490 e. The second kappa shape index (κ2) is 11.7. The van der Waals surface area contributed by atoms with Crippen molar-refractivity contribution in [1.82, 2.24) is 24.8 Å². The van der Waals surface area contributed by atoms with Crippen molar-refractivity contribution < 1.29 is 41.0 Å². The molecule has 5 rings (SSSR count).